The van der Waals surface area contributed by atoms with Crippen molar-refractivity contribution in [2.24, 2.45) is 0 Å². The molecule has 1 aliphatic rings. The third-order valence-electron chi connectivity index (χ3n) is 6.27. The van der Waals surface area contributed by atoms with Gasteiger partial charge in [0.15, 0.2) is 17.0 Å². The van der Waals surface area contributed by atoms with Crippen LogP contribution in [0.15, 0.2) is 78.5 Å². The number of non-ortho nitro benzene ring substituents is 1. The lowest BCUT2D eigenvalue weighted by molar-refractivity contribution is -0.384. The number of nitrogens with zero attached hydrogens (tertiary/aromatic N) is 7. The molecule has 196 valence electrons. The number of benzene rings is 2. The number of sulfonamides is 1. The zero-order valence-electron chi connectivity index (χ0n) is 20.5. The van der Waals surface area contributed by atoms with Gasteiger partial charge in [0.2, 0.25) is 16.0 Å². The van der Waals surface area contributed by atoms with E-state index in [9.17, 15) is 18.5 Å². The maximum Gasteiger partial charge on any atom is 0.269 e. The Bertz CT molecular complexity index is 1560. The summed E-state index contributed by atoms with van der Waals surface area (Å²) in [6, 6.07) is 14.8. The fourth-order valence-corrected chi connectivity index (χ4v) is 5.71. The van der Waals surface area contributed by atoms with Crippen molar-refractivity contribution in [2.75, 3.05) is 42.9 Å². The molecule has 1 fully saturated rings. The molecule has 0 bridgehead atoms. The Morgan fingerprint density at radius 3 is 2.39 bits per heavy atom. The van der Waals surface area contributed by atoms with Gasteiger partial charge >= 0.3 is 0 Å². The number of hydrogen-bond donors (Lipinski definition) is 1. The molecule has 13 heteroatoms. The summed E-state index contributed by atoms with van der Waals surface area (Å²) in [7, 11) is -3.58. The highest BCUT2D eigenvalue weighted by Gasteiger charge is 2.30. The number of rotatable bonds is 9. The minimum absolute atomic E-state index is 0.0261. The molecule has 2 aromatic heterocycles. The van der Waals surface area contributed by atoms with Gasteiger partial charge in [-0.2, -0.15) is 14.3 Å². The predicted molar refractivity (Wildman–Crippen MR) is 144 cm³/mol. The fraction of sp³-hybridized carbons (Fsp3) is 0.240. The molecule has 1 aliphatic heterocycles. The highest BCUT2D eigenvalue weighted by molar-refractivity contribution is 7.89. The zero-order chi connectivity index (χ0) is 26.7. The lowest BCUT2D eigenvalue weighted by Crippen LogP contribution is -2.49. The number of hydrogen-bond acceptors (Lipinski definition) is 9. The summed E-state index contributed by atoms with van der Waals surface area (Å²) in [5.74, 6) is 1.01. The molecule has 12 nitrogen and oxygen atoms in total. The molecule has 4 aromatic rings. The minimum Gasteiger partial charge on any atom is -0.365 e. The first-order valence-corrected chi connectivity index (χ1v) is 13.4. The molecule has 3 heterocycles. The maximum atomic E-state index is 13.0. The molecule has 5 rings (SSSR count). The number of fused-ring (bicyclic) bond motifs is 1. The first-order chi connectivity index (χ1) is 18.4. The Labute approximate surface area is 219 Å². The number of nitrogens with one attached hydrogen (secondary N) is 1. The van der Waals surface area contributed by atoms with E-state index >= 15 is 0 Å². The molecule has 2 aromatic carbocycles. The lowest BCUT2D eigenvalue weighted by atomic mass is 10.2. The SMILES string of the molecule is C=CCNc1nc(N2CCN(S(=O)(=O)c3ccccc3)CC2)nc2c1ncn2Cc1ccc([N+](=O)[O-])cc1. The number of nitro benzene ring substituents is 1. The quantitative estimate of drug-likeness (QED) is 0.195. The molecular weight excluding hydrogens is 508 g/mol. The molecule has 0 spiro atoms. The first-order valence-electron chi connectivity index (χ1n) is 12.0. The summed E-state index contributed by atoms with van der Waals surface area (Å²) < 4.78 is 29.4. The number of nitro groups is 1. The minimum atomic E-state index is -3.58. The Kier molecular flexibility index (Phi) is 7.03. The molecule has 0 aliphatic carbocycles. The van der Waals surface area contributed by atoms with Gasteiger partial charge in [-0.05, 0) is 17.7 Å². The van der Waals surface area contributed by atoms with Gasteiger partial charge in [-0.1, -0.05) is 36.4 Å². The van der Waals surface area contributed by atoms with Crippen LogP contribution in [0.25, 0.3) is 11.2 Å². The lowest BCUT2D eigenvalue weighted by Gasteiger charge is -2.34. The number of anilines is 2. The largest absolute Gasteiger partial charge is 0.365 e. The van der Waals surface area contributed by atoms with Crippen molar-refractivity contribution in [3.8, 4) is 0 Å². The van der Waals surface area contributed by atoms with E-state index in [-0.39, 0.29) is 10.6 Å². The summed E-state index contributed by atoms with van der Waals surface area (Å²) in [6.45, 7) is 6.09. The van der Waals surface area contributed by atoms with E-state index in [1.54, 1.807) is 54.9 Å². The summed E-state index contributed by atoms with van der Waals surface area (Å²) in [4.78, 5) is 26.8. The fourth-order valence-electron chi connectivity index (χ4n) is 4.27. The molecule has 1 saturated heterocycles. The van der Waals surface area contributed by atoms with Gasteiger partial charge in [0.25, 0.3) is 5.69 Å². The normalized spacial score (nSPS) is 14.5. The number of piperazine rings is 1. The molecule has 38 heavy (non-hydrogen) atoms. The van der Waals surface area contributed by atoms with Crippen LogP contribution in [-0.4, -0.2) is 69.9 Å². The van der Waals surface area contributed by atoms with Crippen LogP contribution in [0, 0.1) is 10.1 Å². The average molecular weight is 535 g/mol. The van der Waals surface area contributed by atoms with Crippen LogP contribution in [0.3, 0.4) is 0 Å². The van der Waals surface area contributed by atoms with Gasteiger partial charge in [0, 0.05) is 44.9 Å². The molecular formula is C25H26N8O4S. The predicted octanol–water partition coefficient (Wildman–Crippen LogP) is 2.89. The molecule has 1 N–H and O–H groups in total. The highest BCUT2D eigenvalue weighted by atomic mass is 32.2. The smallest absolute Gasteiger partial charge is 0.269 e. The van der Waals surface area contributed by atoms with Crippen LogP contribution >= 0.6 is 0 Å². The molecule has 0 amide bonds. The standard InChI is InChI=1S/C25H26N8O4S/c1-2-12-26-23-22-24(31(18-27-22)17-19-8-10-20(11-9-19)33(34)35)29-25(28-23)30-13-15-32(16-14-30)38(36,37)21-6-4-3-5-7-21/h2-11,18H,1,12-17H2,(H,26,28,29). The van der Waals surface area contributed by atoms with Crippen LogP contribution in [0.5, 0.6) is 0 Å². The second-order valence-corrected chi connectivity index (χ2v) is 10.7. The second kappa shape index (κ2) is 10.6. The summed E-state index contributed by atoms with van der Waals surface area (Å²) in [5, 5.41) is 14.2. The van der Waals surface area contributed by atoms with Crippen molar-refractivity contribution >= 4 is 38.6 Å². The Morgan fingerprint density at radius 2 is 1.74 bits per heavy atom. The third kappa shape index (κ3) is 5.06. The van der Waals surface area contributed by atoms with E-state index in [4.69, 9.17) is 9.97 Å². The molecule has 0 saturated carbocycles. The van der Waals surface area contributed by atoms with E-state index < -0.39 is 14.9 Å². The van der Waals surface area contributed by atoms with Crippen molar-refractivity contribution in [1.82, 2.24) is 23.8 Å². The van der Waals surface area contributed by atoms with E-state index in [0.29, 0.717) is 62.2 Å². The van der Waals surface area contributed by atoms with Crippen molar-refractivity contribution in [1.29, 1.82) is 0 Å². The maximum absolute atomic E-state index is 13.0. The van der Waals surface area contributed by atoms with Crippen LogP contribution in [0.2, 0.25) is 0 Å². The molecule has 0 radical (unpaired) electrons. The van der Waals surface area contributed by atoms with Gasteiger partial charge in [0.05, 0.1) is 22.7 Å². The molecule has 0 atom stereocenters. The van der Waals surface area contributed by atoms with Gasteiger partial charge in [-0.15, -0.1) is 6.58 Å². The van der Waals surface area contributed by atoms with E-state index in [2.05, 4.69) is 16.9 Å². The second-order valence-electron chi connectivity index (χ2n) is 8.71. The van der Waals surface area contributed by atoms with Gasteiger partial charge < -0.3 is 14.8 Å². The van der Waals surface area contributed by atoms with Crippen LogP contribution in [-0.2, 0) is 16.6 Å². The van der Waals surface area contributed by atoms with Crippen molar-refractivity contribution in [2.45, 2.75) is 11.4 Å². The van der Waals surface area contributed by atoms with E-state index in [0.717, 1.165) is 5.56 Å². The number of imidazole rings is 1. The van der Waals surface area contributed by atoms with Gasteiger partial charge in [-0.3, -0.25) is 10.1 Å². The Morgan fingerprint density at radius 1 is 1.03 bits per heavy atom. The van der Waals surface area contributed by atoms with Crippen molar-refractivity contribution in [3.63, 3.8) is 0 Å². The van der Waals surface area contributed by atoms with Gasteiger partial charge in [0.1, 0.15) is 0 Å². The van der Waals surface area contributed by atoms with Crippen LogP contribution in [0.4, 0.5) is 17.5 Å². The van der Waals surface area contributed by atoms with Crippen LogP contribution in [0.1, 0.15) is 5.56 Å². The summed E-state index contributed by atoms with van der Waals surface area (Å²) in [5.41, 5.74) is 2.07. The van der Waals surface area contributed by atoms with Crippen LogP contribution < -0.4 is 10.2 Å². The van der Waals surface area contributed by atoms with E-state index in [1.807, 2.05) is 9.47 Å². The first kappa shape index (κ1) is 25.3. The van der Waals surface area contributed by atoms with Crippen molar-refractivity contribution in [3.05, 3.63) is 89.3 Å². The number of aromatic nitrogens is 4. The molecule has 0 unspecified atom stereocenters. The third-order valence-corrected chi connectivity index (χ3v) is 8.18. The Balaban J connectivity index is 1.41. The van der Waals surface area contributed by atoms with Crippen molar-refractivity contribution < 1.29 is 13.3 Å². The highest BCUT2D eigenvalue weighted by Crippen LogP contribution is 2.25. The monoisotopic (exact) mass is 534 g/mol. The van der Waals surface area contributed by atoms with E-state index in [1.165, 1.54) is 16.4 Å². The average Bonchev–Trinajstić information content (AvgIpc) is 3.35. The summed E-state index contributed by atoms with van der Waals surface area (Å²) in [6.07, 6.45) is 3.38. The summed E-state index contributed by atoms with van der Waals surface area (Å²) >= 11 is 0. The topological polar surface area (TPSA) is 139 Å². The van der Waals surface area contributed by atoms with Gasteiger partial charge in [-0.25, -0.2) is 13.4 Å². The Hall–Kier alpha value is -4.36. The zero-order valence-corrected chi connectivity index (χ0v) is 21.3.